The van der Waals surface area contributed by atoms with Crippen LogP contribution in [0.15, 0.2) is 53.4 Å². The van der Waals surface area contributed by atoms with Gasteiger partial charge in [-0.05, 0) is 23.8 Å². The lowest BCUT2D eigenvalue weighted by Crippen LogP contribution is -2.27. The fourth-order valence-electron chi connectivity index (χ4n) is 2.30. The zero-order valence-corrected chi connectivity index (χ0v) is 15.3. The summed E-state index contributed by atoms with van der Waals surface area (Å²) < 4.78 is 9.56. The predicted molar refractivity (Wildman–Crippen MR) is 97.5 cm³/mol. The maximum absolute atomic E-state index is 11.9. The van der Waals surface area contributed by atoms with Gasteiger partial charge in [0.15, 0.2) is 6.10 Å². The van der Waals surface area contributed by atoms with Crippen molar-refractivity contribution in [3.63, 3.8) is 0 Å². The largest absolute Gasteiger partial charge is 0.467 e. The molecule has 8 nitrogen and oxygen atoms in total. The summed E-state index contributed by atoms with van der Waals surface area (Å²) in [5.74, 6) is -1.05. The monoisotopic (exact) mass is 391 g/mol. The number of methoxy groups -OCH3 is 1. The standard InChI is InChI=1S/C18H17NO7S/c1-11(20)26-13-9-7-12(8-10-13)17(16(21)18(22)25-2)27-15-6-4-3-5-14(15)19(23)24/h3-10,16-17,21H,1-2H3/t16-,17+/m1/s1. The Balaban J connectivity index is 2.39. The molecule has 0 aromatic heterocycles. The number of ether oxygens (including phenoxy) is 2. The summed E-state index contributed by atoms with van der Waals surface area (Å²) >= 11 is 0.968. The lowest BCUT2D eigenvalue weighted by molar-refractivity contribution is -0.387. The number of thioether (sulfide) groups is 1. The van der Waals surface area contributed by atoms with Gasteiger partial charge in [0.05, 0.1) is 22.2 Å². The van der Waals surface area contributed by atoms with E-state index in [1.54, 1.807) is 18.2 Å². The number of nitro groups is 1. The second-order valence-corrected chi connectivity index (χ2v) is 6.58. The Bertz CT molecular complexity index is 838. The van der Waals surface area contributed by atoms with E-state index in [-0.39, 0.29) is 5.69 Å². The van der Waals surface area contributed by atoms with Crippen molar-refractivity contribution in [2.24, 2.45) is 0 Å². The van der Waals surface area contributed by atoms with Crippen molar-refractivity contribution in [1.29, 1.82) is 0 Å². The molecule has 0 radical (unpaired) electrons. The highest BCUT2D eigenvalue weighted by molar-refractivity contribution is 7.99. The summed E-state index contributed by atoms with van der Waals surface area (Å²) in [6.45, 7) is 1.27. The molecule has 0 heterocycles. The zero-order chi connectivity index (χ0) is 20.0. The molecule has 0 bridgehead atoms. The van der Waals surface area contributed by atoms with Crippen molar-refractivity contribution in [3.8, 4) is 5.75 Å². The van der Waals surface area contributed by atoms with Crippen LogP contribution in [0, 0.1) is 10.1 Å². The lowest BCUT2D eigenvalue weighted by atomic mass is 10.1. The number of nitrogens with zero attached hydrogens (tertiary/aromatic N) is 1. The van der Waals surface area contributed by atoms with Gasteiger partial charge in [0.1, 0.15) is 5.75 Å². The molecule has 2 rings (SSSR count). The minimum atomic E-state index is -1.56. The molecule has 0 spiro atoms. The fraction of sp³-hybridized carbons (Fsp3) is 0.222. The number of nitro benzene ring substituents is 1. The number of hydrogen-bond donors (Lipinski definition) is 1. The van der Waals surface area contributed by atoms with Gasteiger partial charge in [0.25, 0.3) is 5.69 Å². The quantitative estimate of drug-likeness (QED) is 0.252. The summed E-state index contributed by atoms with van der Waals surface area (Å²) in [5, 5.41) is 20.8. The van der Waals surface area contributed by atoms with Gasteiger partial charge in [0, 0.05) is 13.0 Å². The highest BCUT2D eigenvalue weighted by Gasteiger charge is 2.31. The van der Waals surface area contributed by atoms with Crippen LogP contribution < -0.4 is 4.74 Å². The fourth-order valence-corrected chi connectivity index (χ4v) is 3.52. The van der Waals surface area contributed by atoms with E-state index in [2.05, 4.69) is 4.74 Å². The number of hydrogen-bond acceptors (Lipinski definition) is 8. The first-order valence-electron chi connectivity index (χ1n) is 7.78. The molecule has 0 saturated carbocycles. The Morgan fingerprint density at radius 1 is 1.15 bits per heavy atom. The number of esters is 2. The molecule has 0 aliphatic rings. The molecule has 0 saturated heterocycles. The summed E-state index contributed by atoms with van der Waals surface area (Å²) in [4.78, 5) is 33.9. The smallest absolute Gasteiger partial charge is 0.336 e. The van der Waals surface area contributed by atoms with E-state index in [9.17, 15) is 24.8 Å². The van der Waals surface area contributed by atoms with Gasteiger partial charge in [-0.3, -0.25) is 14.9 Å². The summed E-state index contributed by atoms with van der Waals surface area (Å²) in [7, 11) is 1.14. The van der Waals surface area contributed by atoms with Gasteiger partial charge < -0.3 is 14.6 Å². The Labute approximate surface area is 159 Å². The number of carbonyl (C=O) groups excluding carboxylic acids is 2. The van der Waals surface area contributed by atoms with E-state index in [1.807, 2.05) is 0 Å². The highest BCUT2D eigenvalue weighted by atomic mass is 32.2. The van der Waals surface area contributed by atoms with E-state index in [4.69, 9.17) is 4.74 Å². The van der Waals surface area contributed by atoms with Crippen molar-refractivity contribution in [3.05, 3.63) is 64.2 Å². The Hall–Kier alpha value is -2.91. The zero-order valence-electron chi connectivity index (χ0n) is 14.5. The van der Waals surface area contributed by atoms with Crippen LogP contribution in [0.4, 0.5) is 5.69 Å². The third-order valence-corrected chi connectivity index (χ3v) is 4.90. The molecule has 1 N–H and O–H groups in total. The van der Waals surface area contributed by atoms with Gasteiger partial charge in [-0.15, -0.1) is 11.8 Å². The Kier molecular flexibility index (Phi) is 6.91. The molecule has 2 aromatic carbocycles. The minimum Gasteiger partial charge on any atom is -0.467 e. The molecular weight excluding hydrogens is 374 g/mol. The van der Waals surface area contributed by atoms with Crippen molar-refractivity contribution in [1.82, 2.24) is 0 Å². The first kappa shape index (κ1) is 20.4. The topological polar surface area (TPSA) is 116 Å². The molecule has 0 unspecified atom stereocenters. The van der Waals surface area contributed by atoms with Crippen LogP contribution in [0.2, 0.25) is 0 Å². The number of carbonyl (C=O) groups is 2. The molecule has 0 aliphatic carbocycles. The average molecular weight is 391 g/mol. The number of aliphatic hydroxyl groups excluding tert-OH is 1. The third kappa shape index (κ3) is 5.28. The van der Waals surface area contributed by atoms with Crippen molar-refractivity contribution >= 4 is 29.4 Å². The van der Waals surface area contributed by atoms with E-state index >= 15 is 0 Å². The van der Waals surface area contributed by atoms with Gasteiger partial charge in [0.2, 0.25) is 0 Å². The summed E-state index contributed by atoms with van der Waals surface area (Å²) in [5.41, 5.74) is 0.369. The maximum Gasteiger partial charge on any atom is 0.336 e. The van der Waals surface area contributed by atoms with Crippen LogP contribution in [-0.2, 0) is 14.3 Å². The van der Waals surface area contributed by atoms with Crippen LogP contribution in [-0.4, -0.2) is 35.2 Å². The number of para-hydroxylation sites is 1. The molecule has 0 fully saturated rings. The van der Waals surface area contributed by atoms with Crippen LogP contribution in [0.1, 0.15) is 17.7 Å². The molecule has 0 amide bonds. The molecule has 9 heteroatoms. The Morgan fingerprint density at radius 2 is 1.78 bits per heavy atom. The van der Waals surface area contributed by atoms with Gasteiger partial charge in [-0.1, -0.05) is 24.3 Å². The van der Waals surface area contributed by atoms with E-state index < -0.39 is 28.2 Å². The lowest BCUT2D eigenvalue weighted by Gasteiger charge is -2.21. The third-order valence-electron chi connectivity index (χ3n) is 3.52. The van der Waals surface area contributed by atoms with E-state index in [0.29, 0.717) is 16.2 Å². The number of benzene rings is 2. The number of rotatable bonds is 7. The van der Waals surface area contributed by atoms with E-state index in [0.717, 1.165) is 18.9 Å². The first-order valence-corrected chi connectivity index (χ1v) is 8.65. The number of aliphatic hydroxyl groups is 1. The normalized spacial score (nSPS) is 12.7. The van der Waals surface area contributed by atoms with Crippen LogP contribution >= 0.6 is 11.8 Å². The van der Waals surface area contributed by atoms with E-state index in [1.165, 1.54) is 37.3 Å². The molecule has 0 aliphatic heterocycles. The summed E-state index contributed by atoms with van der Waals surface area (Å²) in [6.07, 6.45) is -1.56. The Morgan fingerprint density at radius 3 is 2.33 bits per heavy atom. The minimum absolute atomic E-state index is 0.138. The van der Waals surface area contributed by atoms with Crippen molar-refractivity contribution < 1.29 is 29.1 Å². The first-order chi connectivity index (χ1) is 12.8. The molecule has 2 aromatic rings. The SMILES string of the molecule is COC(=O)[C@H](O)[C@@H](Sc1ccccc1[N+](=O)[O-])c1ccc(OC(C)=O)cc1. The van der Waals surface area contributed by atoms with Crippen molar-refractivity contribution in [2.45, 2.75) is 23.2 Å². The van der Waals surface area contributed by atoms with Crippen LogP contribution in [0.3, 0.4) is 0 Å². The van der Waals surface area contributed by atoms with Gasteiger partial charge >= 0.3 is 11.9 Å². The van der Waals surface area contributed by atoms with Gasteiger partial charge in [-0.2, -0.15) is 0 Å². The molecular formula is C18H17NO7S. The van der Waals surface area contributed by atoms with Gasteiger partial charge in [-0.25, -0.2) is 4.79 Å². The molecule has 2 atom stereocenters. The highest BCUT2D eigenvalue weighted by Crippen LogP contribution is 2.42. The second kappa shape index (κ2) is 9.15. The summed E-state index contributed by atoms with van der Waals surface area (Å²) in [6, 6.07) is 12.2. The van der Waals surface area contributed by atoms with Crippen LogP contribution in [0.5, 0.6) is 5.75 Å². The molecule has 27 heavy (non-hydrogen) atoms. The maximum atomic E-state index is 11.9. The predicted octanol–water partition coefficient (Wildman–Crippen LogP) is 2.89. The second-order valence-electron chi connectivity index (χ2n) is 5.39. The average Bonchev–Trinajstić information content (AvgIpc) is 2.65. The van der Waals surface area contributed by atoms with Crippen molar-refractivity contribution in [2.75, 3.05) is 7.11 Å². The molecule has 142 valence electrons. The van der Waals surface area contributed by atoms with Crippen LogP contribution in [0.25, 0.3) is 0 Å².